The van der Waals surface area contributed by atoms with Gasteiger partial charge in [0.25, 0.3) is 0 Å². The van der Waals surface area contributed by atoms with Gasteiger partial charge in [0.1, 0.15) is 0 Å². The lowest BCUT2D eigenvalue weighted by Crippen LogP contribution is -2.33. The number of halogens is 3. The summed E-state index contributed by atoms with van der Waals surface area (Å²) in [5, 5.41) is 2.49. The first-order valence-corrected chi connectivity index (χ1v) is 6.10. The van der Waals surface area contributed by atoms with E-state index in [1.165, 1.54) is 6.07 Å². The van der Waals surface area contributed by atoms with E-state index in [0.29, 0.717) is 0 Å². The second kappa shape index (κ2) is 7.14. The Balaban J connectivity index is 2.79. The standard InChI is InChI=1S/C13H17F3N2O2/c1-7(2)9(6-17)12(19)18-8-3-4-11(10(14)5-8)20-13(15)16/h3-5,7,9,13H,6,17H2,1-2H3,(H,18,19). The van der Waals surface area contributed by atoms with Crippen molar-refractivity contribution in [3.05, 3.63) is 24.0 Å². The summed E-state index contributed by atoms with van der Waals surface area (Å²) in [7, 11) is 0. The molecule has 0 aliphatic rings. The Morgan fingerprint density at radius 2 is 2.05 bits per heavy atom. The zero-order valence-electron chi connectivity index (χ0n) is 11.2. The zero-order chi connectivity index (χ0) is 15.3. The van der Waals surface area contributed by atoms with Crippen LogP contribution in [-0.4, -0.2) is 19.1 Å². The maximum absolute atomic E-state index is 13.5. The van der Waals surface area contributed by atoms with Gasteiger partial charge in [-0.05, 0) is 18.1 Å². The van der Waals surface area contributed by atoms with Crippen molar-refractivity contribution in [1.82, 2.24) is 0 Å². The topological polar surface area (TPSA) is 64.4 Å². The van der Waals surface area contributed by atoms with E-state index in [0.717, 1.165) is 12.1 Å². The van der Waals surface area contributed by atoms with Crippen LogP contribution in [0.15, 0.2) is 18.2 Å². The molecule has 0 saturated heterocycles. The lowest BCUT2D eigenvalue weighted by atomic mass is 9.95. The third-order valence-electron chi connectivity index (χ3n) is 2.81. The van der Waals surface area contributed by atoms with Crippen LogP contribution in [0.5, 0.6) is 5.75 Å². The van der Waals surface area contributed by atoms with Crippen molar-refractivity contribution in [2.75, 3.05) is 11.9 Å². The molecule has 3 N–H and O–H groups in total. The van der Waals surface area contributed by atoms with E-state index >= 15 is 0 Å². The van der Waals surface area contributed by atoms with E-state index in [1.54, 1.807) is 0 Å². The Morgan fingerprint density at radius 3 is 2.50 bits per heavy atom. The second-order valence-corrected chi connectivity index (χ2v) is 4.60. The molecule has 0 heterocycles. The molecule has 1 aromatic rings. The van der Waals surface area contributed by atoms with Crippen molar-refractivity contribution >= 4 is 11.6 Å². The number of hydrogen-bond donors (Lipinski definition) is 2. The molecule has 0 bridgehead atoms. The molecule has 112 valence electrons. The van der Waals surface area contributed by atoms with E-state index in [9.17, 15) is 18.0 Å². The Kier molecular flexibility index (Phi) is 5.82. The highest BCUT2D eigenvalue weighted by molar-refractivity contribution is 5.92. The highest BCUT2D eigenvalue weighted by Crippen LogP contribution is 2.23. The van der Waals surface area contributed by atoms with Crippen LogP contribution in [0.2, 0.25) is 0 Å². The van der Waals surface area contributed by atoms with E-state index in [-0.39, 0.29) is 24.1 Å². The summed E-state index contributed by atoms with van der Waals surface area (Å²) in [6.07, 6.45) is 0. The minimum atomic E-state index is -3.10. The first kappa shape index (κ1) is 16.3. The summed E-state index contributed by atoms with van der Waals surface area (Å²) in [6.45, 7) is 0.750. The molecule has 0 saturated carbocycles. The molecule has 0 aliphatic carbocycles. The van der Waals surface area contributed by atoms with Gasteiger partial charge in [-0.3, -0.25) is 4.79 Å². The number of rotatable bonds is 6. The van der Waals surface area contributed by atoms with Gasteiger partial charge in [-0.2, -0.15) is 8.78 Å². The highest BCUT2D eigenvalue weighted by Gasteiger charge is 2.21. The van der Waals surface area contributed by atoms with Crippen molar-refractivity contribution in [3.63, 3.8) is 0 Å². The van der Waals surface area contributed by atoms with Crippen LogP contribution in [0, 0.1) is 17.7 Å². The number of anilines is 1. The molecule has 0 aromatic heterocycles. The van der Waals surface area contributed by atoms with E-state index in [1.807, 2.05) is 13.8 Å². The number of hydrogen-bond acceptors (Lipinski definition) is 3. The van der Waals surface area contributed by atoms with Gasteiger partial charge in [-0.25, -0.2) is 4.39 Å². The normalized spacial score (nSPS) is 12.6. The lowest BCUT2D eigenvalue weighted by Gasteiger charge is -2.18. The van der Waals surface area contributed by atoms with Gasteiger partial charge in [0.15, 0.2) is 11.6 Å². The maximum Gasteiger partial charge on any atom is 0.387 e. The van der Waals surface area contributed by atoms with Gasteiger partial charge in [0.2, 0.25) is 5.91 Å². The second-order valence-electron chi connectivity index (χ2n) is 4.60. The molecule has 7 heteroatoms. The quantitative estimate of drug-likeness (QED) is 0.846. The van der Waals surface area contributed by atoms with Crippen LogP contribution < -0.4 is 15.8 Å². The number of benzene rings is 1. The van der Waals surface area contributed by atoms with Gasteiger partial charge in [-0.15, -0.1) is 0 Å². The average Bonchev–Trinajstić information content (AvgIpc) is 2.32. The number of nitrogens with two attached hydrogens (primary N) is 1. The molecular formula is C13H17F3N2O2. The van der Waals surface area contributed by atoms with Gasteiger partial charge in [0.05, 0.1) is 5.92 Å². The van der Waals surface area contributed by atoms with Crippen molar-refractivity contribution in [2.24, 2.45) is 17.6 Å². The Morgan fingerprint density at radius 1 is 1.40 bits per heavy atom. The molecule has 1 unspecified atom stereocenters. The number of carbonyl (C=O) groups is 1. The molecule has 20 heavy (non-hydrogen) atoms. The fraction of sp³-hybridized carbons (Fsp3) is 0.462. The summed E-state index contributed by atoms with van der Waals surface area (Å²) in [5.41, 5.74) is 5.66. The molecule has 1 atom stereocenters. The largest absolute Gasteiger partial charge is 0.432 e. The number of carbonyl (C=O) groups excluding carboxylic acids is 1. The maximum atomic E-state index is 13.5. The van der Waals surface area contributed by atoms with E-state index in [4.69, 9.17) is 5.73 Å². The zero-order valence-corrected chi connectivity index (χ0v) is 11.2. The Labute approximate surface area is 115 Å². The summed E-state index contributed by atoms with van der Waals surface area (Å²) < 4.78 is 41.4. The van der Waals surface area contributed by atoms with Crippen LogP contribution in [0.25, 0.3) is 0 Å². The molecular weight excluding hydrogens is 273 g/mol. The van der Waals surface area contributed by atoms with Gasteiger partial charge >= 0.3 is 6.61 Å². The smallest absolute Gasteiger partial charge is 0.387 e. The fourth-order valence-electron chi connectivity index (χ4n) is 1.69. The van der Waals surface area contributed by atoms with Crippen LogP contribution >= 0.6 is 0 Å². The highest BCUT2D eigenvalue weighted by atomic mass is 19.3. The molecule has 0 aliphatic heterocycles. The fourth-order valence-corrected chi connectivity index (χ4v) is 1.69. The Bertz CT molecular complexity index is 467. The molecule has 1 aromatic carbocycles. The molecule has 0 spiro atoms. The molecule has 4 nitrogen and oxygen atoms in total. The SMILES string of the molecule is CC(C)C(CN)C(=O)Nc1ccc(OC(F)F)c(F)c1. The summed E-state index contributed by atoms with van der Waals surface area (Å²) >= 11 is 0. The predicted molar refractivity (Wildman–Crippen MR) is 69.0 cm³/mol. The monoisotopic (exact) mass is 290 g/mol. The molecule has 0 radical (unpaired) electrons. The first-order valence-electron chi connectivity index (χ1n) is 6.10. The third kappa shape index (κ3) is 4.41. The van der Waals surface area contributed by atoms with E-state index in [2.05, 4.69) is 10.1 Å². The van der Waals surface area contributed by atoms with Crippen LogP contribution in [-0.2, 0) is 4.79 Å². The number of amides is 1. The minimum Gasteiger partial charge on any atom is -0.432 e. The summed E-state index contributed by atoms with van der Waals surface area (Å²) in [5.74, 6) is -2.26. The van der Waals surface area contributed by atoms with Gasteiger partial charge in [0, 0.05) is 18.3 Å². The van der Waals surface area contributed by atoms with Crippen molar-refractivity contribution in [2.45, 2.75) is 20.5 Å². The Hall–Kier alpha value is -1.76. The number of nitrogens with one attached hydrogen (secondary N) is 1. The van der Waals surface area contributed by atoms with Crippen molar-refractivity contribution in [3.8, 4) is 5.75 Å². The predicted octanol–water partition coefficient (Wildman–Crippen LogP) is 2.60. The summed E-state index contributed by atoms with van der Waals surface area (Å²) in [6, 6.07) is 3.24. The number of alkyl halides is 2. The summed E-state index contributed by atoms with van der Waals surface area (Å²) in [4.78, 5) is 11.9. The van der Waals surface area contributed by atoms with E-state index < -0.39 is 24.1 Å². The van der Waals surface area contributed by atoms with Gasteiger partial charge in [-0.1, -0.05) is 13.8 Å². The molecule has 1 amide bonds. The van der Waals surface area contributed by atoms with Crippen molar-refractivity contribution < 1.29 is 22.7 Å². The molecule has 0 fully saturated rings. The van der Waals surface area contributed by atoms with Gasteiger partial charge < -0.3 is 15.8 Å². The van der Waals surface area contributed by atoms with Crippen molar-refractivity contribution in [1.29, 1.82) is 0 Å². The number of ether oxygens (including phenoxy) is 1. The molecule has 1 rings (SSSR count). The third-order valence-corrected chi connectivity index (χ3v) is 2.81. The van der Waals surface area contributed by atoms with Crippen LogP contribution in [0.4, 0.5) is 18.9 Å². The van der Waals surface area contributed by atoms with Crippen LogP contribution in [0.3, 0.4) is 0 Å². The minimum absolute atomic E-state index is 0.0336. The first-order chi connectivity index (χ1) is 9.35. The van der Waals surface area contributed by atoms with Crippen LogP contribution in [0.1, 0.15) is 13.8 Å². The lowest BCUT2D eigenvalue weighted by molar-refractivity contribution is -0.120. The average molecular weight is 290 g/mol.